The van der Waals surface area contributed by atoms with Crippen LogP contribution in [-0.4, -0.2) is 66.9 Å². The summed E-state index contributed by atoms with van der Waals surface area (Å²) in [4.78, 5) is 34.8. The highest BCUT2D eigenvalue weighted by atomic mass is 79.9. The SMILES string of the molecule is CN(C)c1ncc(Br)cc1C(=O)N1CCN(C(=O)c2ccccc2F)CC1. The Morgan fingerprint density at radius 1 is 1.04 bits per heavy atom. The van der Waals surface area contributed by atoms with Crippen LogP contribution in [0.3, 0.4) is 0 Å². The van der Waals surface area contributed by atoms with Crippen LogP contribution in [0.5, 0.6) is 0 Å². The van der Waals surface area contributed by atoms with E-state index >= 15 is 0 Å². The summed E-state index contributed by atoms with van der Waals surface area (Å²) in [6.45, 7) is 1.49. The van der Waals surface area contributed by atoms with Gasteiger partial charge in [-0.05, 0) is 34.1 Å². The van der Waals surface area contributed by atoms with Gasteiger partial charge in [0.1, 0.15) is 11.6 Å². The molecule has 0 radical (unpaired) electrons. The lowest BCUT2D eigenvalue weighted by Crippen LogP contribution is -2.50. The van der Waals surface area contributed by atoms with Gasteiger partial charge in [0.05, 0.1) is 11.1 Å². The van der Waals surface area contributed by atoms with Gasteiger partial charge in [-0.2, -0.15) is 0 Å². The third-order valence-corrected chi connectivity index (χ3v) is 4.88. The third kappa shape index (κ3) is 4.10. The van der Waals surface area contributed by atoms with Gasteiger partial charge in [0.15, 0.2) is 0 Å². The van der Waals surface area contributed by atoms with Crippen LogP contribution in [0.25, 0.3) is 0 Å². The molecule has 0 saturated carbocycles. The number of carbonyl (C=O) groups excluding carboxylic acids is 2. The Kier molecular flexibility index (Phi) is 5.74. The third-order valence-electron chi connectivity index (χ3n) is 4.45. The molecule has 1 aromatic carbocycles. The molecule has 142 valence electrons. The summed E-state index contributed by atoms with van der Waals surface area (Å²) in [6, 6.07) is 7.69. The van der Waals surface area contributed by atoms with Crippen molar-refractivity contribution in [2.45, 2.75) is 0 Å². The van der Waals surface area contributed by atoms with Gasteiger partial charge in [-0.25, -0.2) is 9.37 Å². The Labute approximate surface area is 165 Å². The second kappa shape index (κ2) is 8.04. The molecule has 2 aromatic rings. The van der Waals surface area contributed by atoms with E-state index in [2.05, 4.69) is 20.9 Å². The van der Waals surface area contributed by atoms with E-state index in [1.165, 1.54) is 12.1 Å². The molecule has 3 rings (SSSR count). The highest BCUT2D eigenvalue weighted by molar-refractivity contribution is 9.10. The van der Waals surface area contributed by atoms with E-state index < -0.39 is 5.82 Å². The van der Waals surface area contributed by atoms with Crippen LogP contribution < -0.4 is 4.90 Å². The van der Waals surface area contributed by atoms with E-state index in [1.807, 2.05) is 14.1 Å². The molecule has 0 spiro atoms. The fourth-order valence-corrected chi connectivity index (χ4v) is 3.37. The second-order valence-corrected chi connectivity index (χ2v) is 7.40. The minimum absolute atomic E-state index is 0.0587. The monoisotopic (exact) mass is 434 g/mol. The topological polar surface area (TPSA) is 56.8 Å². The molecule has 6 nitrogen and oxygen atoms in total. The summed E-state index contributed by atoms with van der Waals surface area (Å²) in [6.07, 6.45) is 1.65. The molecule has 1 aromatic heterocycles. The molecule has 27 heavy (non-hydrogen) atoms. The summed E-state index contributed by atoms with van der Waals surface area (Å²) in [5, 5.41) is 0. The van der Waals surface area contributed by atoms with Crippen molar-refractivity contribution in [2.24, 2.45) is 0 Å². The molecule has 2 heterocycles. The Morgan fingerprint density at radius 2 is 1.59 bits per heavy atom. The van der Waals surface area contributed by atoms with E-state index in [-0.39, 0.29) is 17.4 Å². The van der Waals surface area contributed by atoms with Crippen LogP contribution in [0.1, 0.15) is 20.7 Å². The van der Waals surface area contributed by atoms with E-state index in [1.54, 1.807) is 39.1 Å². The highest BCUT2D eigenvalue weighted by Crippen LogP contribution is 2.22. The van der Waals surface area contributed by atoms with Crippen molar-refractivity contribution in [3.05, 3.63) is 57.9 Å². The maximum Gasteiger partial charge on any atom is 0.257 e. The van der Waals surface area contributed by atoms with Gasteiger partial charge in [0, 0.05) is 50.9 Å². The zero-order valence-electron chi connectivity index (χ0n) is 15.2. The van der Waals surface area contributed by atoms with Crippen molar-refractivity contribution in [1.82, 2.24) is 14.8 Å². The van der Waals surface area contributed by atoms with Crippen LogP contribution in [0.2, 0.25) is 0 Å². The zero-order valence-corrected chi connectivity index (χ0v) is 16.7. The number of pyridine rings is 1. The van der Waals surface area contributed by atoms with E-state index in [4.69, 9.17) is 0 Å². The van der Waals surface area contributed by atoms with Gasteiger partial charge in [0.25, 0.3) is 11.8 Å². The molecule has 1 aliphatic heterocycles. The maximum absolute atomic E-state index is 13.9. The molecule has 1 saturated heterocycles. The summed E-state index contributed by atoms with van der Waals surface area (Å²) in [5.41, 5.74) is 0.562. The number of amides is 2. The van der Waals surface area contributed by atoms with Crippen molar-refractivity contribution in [1.29, 1.82) is 0 Å². The fraction of sp³-hybridized carbons (Fsp3) is 0.316. The number of halogens is 2. The predicted octanol–water partition coefficient (Wildman–Crippen LogP) is 2.65. The number of nitrogens with zero attached hydrogens (tertiary/aromatic N) is 4. The van der Waals surface area contributed by atoms with Gasteiger partial charge in [-0.15, -0.1) is 0 Å². The smallest absolute Gasteiger partial charge is 0.257 e. The zero-order chi connectivity index (χ0) is 19.6. The average Bonchev–Trinajstić information content (AvgIpc) is 2.67. The molecule has 0 aliphatic carbocycles. The Bertz CT molecular complexity index is 867. The fourth-order valence-electron chi connectivity index (χ4n) is 3.03. The first-order valence-corrected chi connectivity index (χ1v) is 9.33. The molecule has 0 bridgehead atoms. The van der Waals surface area contributed by atoms with Crippen molar-refractivity contribution in [3.8, 4) is 0 Å². The Morgan fingerprint density at radius 3 is 2.15 bits per heavy atom. The number of anilines is 1. The lowest BCUT2D eigenvalue weighted by Gasteiger charge is -2.35. The molecular weight excluding hydrogens is 415 g/mol. The highest BCUT2D eigenvalue weighted by Gasteiger charge is 2.28. The molecule has 2 amide bonds. The number of hydrogen-bond donors (Lipinski definition) is 0. The molecule has 0 N–H and O–H groups in total. The largest absolute Gasteiger partial charge is 0.362 e. The molecular formula is C19H20BrFN4O2. The number of piperazine rings is 1. The maximum atomic E-state index is 13.9. The van der Waals surface area contributed by atoms with Crippen LogP contribution >= 0.6 is 15.9 Å². The molecule has 1 aliphatic rings. The van der Waals surface area contributed by atoms with Crippen molar-refractivity contribution in [2.75, 3.05) is 45.2 Å². The average molecular weight is 435 g/mol. The van der Waals surface area contributed by atoms with Crippen LogP contribution in [0, 0.1) is 5.82 Å². The summed E-state index contributed by atoms with van der Waals surface area (Å²) in [7, 11) is 3.66. The van der Waals surface area contributed by atoms with Gasteiger partial charge < -0.3 is 14.7 Å². The van der Waals surface area contributed by atoms with E-state index in [0.29, 0.717) is 37.6 Å². The van der Waals surface area contributed by atoms with Gasteiger partial charge in [0.2, 0.25) is 0 Å². The lowest BCUT2D eigenvalue weighted by atomic mass is 10.1. The van der Waals surface area contributed by atoms with Crippen LogP contribution in [-0.2, 0) is 0 Å². The Hall–Kier alpha value is -2.48. The van der Waals surface area contributed by atoms with Gasteiger partial charge in [-0.3, -0.25) is 9.59 Å². The minimum atomic E-state index is -0.531. The first-order valence-electron chi connectivity index (χ1n) is 8.54. The molecule has 8 heteroatoms. The number of carbonyl (C=O) groups is 2. The molecule has 1 fully saturated rings. The standard InChI is InChI=1S/C19H20BrFN4O2/c1-23(2)17-15(11-13(20)12-22-17)19(27)25-9-7-24(8-10-25)18(26)14-5-3-4-6-16(14)21/h3-6,11-12H,7-10H2,1-2H3. The minimum Gasteiger partial charge on any atom is -0.362 e. The van der Waals surface area contributed by atoms with E-state index in [9.17, 15) is 14.0 Å². The second-order valence-electron chi connectivity index (χ2n) is 6.48. The quantitative estimate of drug-likeness (QED) is 0.744. The molecule has 0 atom stereocenters. The number of benzene rings is 1. The Balaban J connectivity index is 1.71. The lowest BCUT2D eigenvalue weighted by molar-refractivity contribution is 0.0533. The van der Waals surface area contributed by atoms with Crippen molar-refractivity contribution in [3.63, 3.8) is 0 Å². The van der Waals surface area contributed by atoms with Crippen LogP contribution in [0.15, 0.2) is 41.0 Å². The van der Waals surface area contributed by atoms with Crippen molar-refractivity contribution >= 4 is 33.6 Å². The van der Waals surface area contributed by atoms with E-state index in [0.717, 1.165) is 4.47 Å². The number of aromatic nitrogens is 1. The molecule has 0 unspecified atom stereocenters. The number of hydrogen-bond acceptors (Lipinski definition) is 4. The van der Waals surface area contributed by atoms with Crippen molar-refractivity contribution < 1.29 is 14.0 Å². The first-order chi connectivity index (χ1) is 12.9. The summed E-state index contributed by atoms with van der Waals surface area (Å²) < 4.78 is 14.6. The van der Waals surface area contributed by atoms with Gasteiger partial charge in [-0.1, -0.05) is 12.1 Å². The summed E-state index contributed by atoms with van der Waals surface area (Å²) >= 11 is 3.36. The van der Waals surface area contributed by atoms with Crippen LogP contribution in [0.4, 0.5) is 10.2 Å². The normalized spacial score (nSPS) is 14.2. The summed E-state index contributed by atoms with van der Waals surface area (Å²) in [5.74, 6) is -0.423. The van der Waals surface area contributed by atoms with Gasteiger partial charge >= 0.3 is 0 Å². The number of rotatable bonds is 3. The first kappa shape index (κ1) is 19.3. The predicted molar refractivity (Wildman–Crippen MR) is 104 cm³/mol.